The monoisotopic (exact) mass is 533 g/mol. The molecule has 2 heterocycles. The van der Waals surface area contributed by atoms with Crippen molar-refractivity contribution in [3.05, 3.63) is 101 Å². The third-order valence-electron chi connectivity index (χ3n) is 5.43. The molecule has 0 aliphatic carbocycles. The minimum atomic E-state index is -3.76. The summed E-state index contributed by atoms with van der Waals surface area (Å²) in [5, 5.41) is 8.70. The minimum Gasteiger partial charge on any atom is -0.366 e. The van der Waals surface area contributed by atoms with Crippen LogP contribution in [0.1, 0.15) is 5.56 Å². The molecule has 0 amide bonds. The molecule has 2 N–H and O–H groups in total. The molecule has 3 aromatic carbocycles. The first kappa shape index (κ1) is 24.2. The van der Waals surface area contributed by atoms with Crippen molar-refractivity contribution in [2.45, 2.75) is 11.4 Å². The number of sulfonamides is 1. The molecule has 0 saturated heterocycles. The zero-order valence-corrected chi connectivity index (χ0v) is 21.0. The molecule has 0 saturated carbocycles. The highest BCUT2D eigenvalue weighted by Gasteiger charge is 2.15. The largest absolute Gasteiger partial charge is 0.366 e. The van der Waals surface area contributed by atoms with Crippen LogP contribution in [0.2, 0.25) is 10.0 Å². The van der Waals surface area contributed by atoms with Crippen molar-refractivity contribution in [3.63, 3.8) is 0 Å². The third kappa shape index (κ3) is 5.04. The normalized spacial score (nSPS) is 11.5. The van der Waals surface area contributed by atoms with Crippen LogP contribution in [0.5, 0.6) is 0 Å². The van der Waals surface area contributed by atoms with Crippen LogP contribution in [0.15, 0.2) is 90.0 Å². The molecule has 178 valence electrons. The molecule has 0 aliphatic heterocycles. The topological polar surface area (TPSA) is 88.4 Å². The standard InChI is InChI=1S/C25H18BCl2N5O2S/c26-21-15-30-33-24(13-23(31-25(21)33)20-6-1-2-7-22(20)28)29-14-16-4-3-5-18(12-16)32-36(34,35)19-10-8-17(27)9-11-19/h1-13,15,29,32H,14H2. The van der Waals surface area contributed by atoms with E-state index in [4.69, 9.17) is 31.0 Å². The lowest BCUT2D eigenvalue weighted by atomic mass is 10.0. The highest BCUT2D eigenvalue weighted by atomic mass is 35.5. The van der Waals surface area contributed by atoms with Crippen molar-refractivity contribution in [3.8, 4) is 11.3 Å². The van der Waals surface area contributed by atoms with Gasteiger partial charge < -0.3 is 5.32 Å². The van der Waals surface area contributed by atoms with E-state index in [0.717, 1.165) is 11.1 Å². The molecular weight excluding hydrogens is 516 g/mol. The highest BCUT2D eigenvalue weighted by molar-refractivity contribution is 7.92. The van der Waals surface area contributed by atoms with Gasteiger partial charge in [-0.25, -0.2) is 13.4 Å². The van der Waals surface area contributed by atoms with Crippen LogP contribution in [0, 0.1) is 0 Å². The number of aromatic nitrogens is 3. The summed E-state index contributed by atoms with van der Waals surface area (Å²) in [5.41, 5.74) is 3.63. The molecule has 36 heavy (non-hydrogen) atoms. The first-order chi connectivity index (χ1) is 17.3. The van der Waals surface area contributed by atoms with Gasteiger partial charge >= 0.3 is 0 Å². The molecule has 5 rings (SSSR count). The van der Waals surface area contributed by atoms with Gasteiger partial charge in [0.15, 0.2) is 5.65 Å². The molecule has 7 nitrogen and oxygen atoms in total. The second-order valence-corrected chi connectivity index (χ2v) is 10.5. The predicted molar refractivity (Wildman–Crippen MR) is 145 cm³/mol. The molecule has 11 heteroatoms. The maximum absolute atomic E-state index is 12.7. The Bertz CT molecular complexity index is 1670. The maximum Gasteiger partial charge on any atom is 0.261 e. The van der Waals surface area contributed by atoms with E-state index in [-0.39, 0.29) is 4.90 Å². The first-order valence-electron chi connectivity index (χ1n) is 10.8. The summed E-state index contributed by atoms with van der Waals surface area (Å²) in [5.74, 6) is 0.652. The molecular formula is C25H18BCl2N5O2S. The van der Waals surface area contributed by atoms with Crippen molar-refractivity contribution in [2.75, 3.05) is 10.0 Å². The summed E-state index contributed by atoms with van der Waals surface area (Å²) in [7, 11) is 2.33. The van der Waals surface area contributed by atoms with Crippen LogP contribution in [-0.2, 0) is 16.6 Å². The van der Waals surface area contributed by atoms with Gasteiger partial charge in [0.1, 0.15) is 13.7 Å². The first-order valence-corrected chi connectivity index (χ1v) is 13.0. The summed E-state index contributed by atoms with van der Waals surface area (Å²) >= 11 is 12.3. The summed E-state index contributed by atoms with van der Waals surface area (Å²) in [6.07, 6.45) is 1.54. The Hall–Kier alpha value is -3.53. The van der Waals surface area contributed by atoms with Crippen molar-refractivity contribution in [1.29, 1.82) is 0 Å². The van der Waals surface area contributed by atoms with Crippen LogP contribution < -0.4 is 15.5 Å². The third-order valence-corrected chi connectivity index (χ3v) is 7.40. The van der Waals surface area contributed by atoms with Gasteiger partial charge in [0.05, 0.1) is 10.6 Å². The van der Waals surface area contributed by atoms with Crippen LogP contribution in [0.4, 0.5) is 11.5 Å². The summed E-state index contributed by atoms with van der Waals surface area (Å²) in [4.78, 5) is 4.76. The highest BCUT2D eigenvalue weighted by Crippen LogP contribution is 2.28. The summed E-state index contributed by atoms with van der Waals surface area (Å²) < 4.78 is 29.7. The van der Waals surface area contributed by atoms with Crippen LogP contribution in [-0.4, -0.2) is 30.9 Å². The van der Waals surface area contributed by atoms with Gasteiger partial charge in [0.25, 0.3) is 10.0 Å². The summed E-state index contributed by atoms with van der Waals surface area (Å²) in [6.45, 7) is 0.386. The van der Waals surface area contributed by atoms with E-state index in [2.05, 4.69) is 20.1 Å². The van der Waals surface area contributed by atoms with E-state index in [1.54, 1.807) is 28.8 Å². The Morgan fingerprint density at radius 1 is 0.944 bits per heavy atom. The van der Waals surface area contributed by atoms with E-state index >= 15 is 0 Å². The van der Waals surface area contributed by atoms with Crippen LogP contribution in [0.25, 0.3) is 16.9 Å². The Morgan fingerprint density at radius 2 is 1.72 bits per heavy atom. The Morgan fingerprint density at radius 3 is 2.50 bits per heavy atom. The van der Waals surface area contributed by atoms with Crippen LogP contribution in [0.3, 0.4) is 0 Å². The van der Waals surface area contributed by atoms with Gasteiger partial charge in [-0.1, -0.05) is 53.5 Å². The van der Waals surface area contributed by atoms with Gasteiger partial charge in [-0.2, -0.15) is 9.61 Å². The molecule has 5 aromatic rings. The predicted octanol–water partition coefficient (Wildman–Crippen LogP) is 4.91. The molecule has 2 radical (unpaired) electrons. The smallest absolute Gasteiger partial charge is 0.261 e. The molecule has 0 fully saturated rings. The lowest BCUT2D eigenvalue weighted by Crippen LogP contribution is -2.13. The SMILES string of the molecule is [B]c1cnn2c(NCc3cccc(NS(=O)(=O)c4ccc(Cl)cc4)c3)cc(-c3ccccc3Cl)nc12. The van der Waals surface area contributed by atoms with Gasteiger partial charge in [-0.05, 0) is 53.5 Å². The van der Waals surface area contributed by atoms with Crippen LogP contribution >= 0.6 is 23.2 Å². The number of anilines is 2. The number of rotatable bonds is 7. The Labute approximate surface area is 219 Å². The van der Waals surface area contributed by atoms with Crippen molar-refractivity contribution in [1.82, 2.24) is 14.6 Å². The molecule has 0 spiro atoms. The van der Waals surface area contributed by atoms with Crippen molar-refractivity contribution >= 4 is 63.7 Å². The number of nitrogens with zero attached hydrogens (tertiary/aromatic N) is 3. The number of benzene rings is 3. The van der Waals surface area contributed by atoms with E-state index in [0.29, 0.717) is 44.9 Å². The van der Waals surface area contributed by atoms with Gasteiger partial charge in [-0.15, -0.1) is 0 Å². The second kappa shape index (κ2) is 9.85. The lowest BCUT2D eigenvalue weighted by molar-refractivity contribution is 0.601. The maximum atomic E-state index is 12.7. The number of fused-ring (bicyclic) bond motifs is 1. The fraction of sp³-hybridized carbons (Fsp3) is 0.0400. The number of hydrogen-bond donors (Lipinski definition) is 2. The zero-order chi connectivity index (χ0) is 25.3. The van der Waals surface area contributed by atoms with E-state index in [9.17, 15) is 8.42 Å². The number of halogens is 2. The summed E-state index contributed by atoms with van der Waals surface area (Å²) in [6, 6.07) is 22.3. The minimum absolute atomic E-state index is 0.123. The lowest BCUT2D eigenvalue weighted by Gasteiger charge is -2.13. The molecule has 0 aliphatic rings. The molecule has 0 bridgehead atoms. The van der Waals surface area contributed by atoms with Gasteiger partial charge in [0.2, 0.25) is 0 Å². The van der Waals surface area contributed by atoms with Crippen molar-refractivity contribution in [2.24, 2.45) is 0 Å². The number of nitrogens with one attached hydrogen (secondary N) is 2. The number of hydrogen-bond acceptors (Lipinski definition) is 5. The Kier molecular flexibility index (Phi) is 6.62. The Balaban J connectivity index is 1.40. The average molecular weight is 534 g/mol. The molecule has 0 atom stereocenters. The van der Waals surface area contributed by atoms with E-state index in [1.807, 2.05) is 30.3 Å². The molecule has 2 aromatic heterocycles. The van der Waals surface area contributed by atoms with E-state index < -0.39 is 10.0 Å². The quantitative estimate of drug-likeness (QED) is 0.290. The fourth-order valence-electron chi connectivity index (χ4n) is 3.68. The molecule has 0 unspecified atom stereocenters. The van der Waals surface area contributed by atoms with E-state index in [1.165, 1.54) is 30.5 Å². The van der Waals surface area contributed by atoms with Gasteiger partial charge in [0, 0.05) is 40.1 Å². The zero-order valence-electron chi connectivity index (χ0n) is 18.7. The average Bonchev–Trinajstić information content (AvgIpc) is 3.24. The van der Waals surface area contributed by atoms with Crippen molar-refractivity contribution < 1.29 is 8.42 Å². The van der Waals surface area contributed by atoms with Gasteiger partial charge in [-0.3, -0.25) is 4.72 Å². The fourth-order valence-corrected chi connectivity index (χ4v) is 5.09. The second-order valence-electron chi connectivity index (χ2n) is 7.96.